The van der Waals surface area contributed by atoms with E-state index in [-0.39, 0.29) is 17.9 Å². The lowest BCUT2D eigenvalue weighted by Crippen LogP contribution is -2.48. The lowest BCUT2D eigenvalue weighted by Gasteiger charge is -2.41. The number of allylic oxidation sites excluding steroid dienone is 1. The first-order valence-corrected chi connectivity index (χ1v) is 13.5. The Kier molecular flexibility index (Phi) is 6.66. The van der Waals surface area contributed by atoms with Gasteiger partial charge in [0.05, 0.1) is 35.2 Å². The fraction of sp³-hybridized carbons (Fsp3) is 0.250. The molecule has 2 amide bonds. The summed E-state index contributed by atoms with van der Waals surface area (Å²) in [6.45, 7) is 7.37. The topological polar surface area (TPSA) is 101 Å². The van der Waals surface area contributed by atoms with Crippen molar-refractivity contribution >= 4 is 28.9 Å². The lowest BCUT2D eigenvalue weighted by atomic mass is 9.93. The molecule has 1 saturated heterocycles. The maximum Gasteiger partial charge on any atom is 0.256 e. The van der Waals surface area contributed by atoms with E-state index in [4.69, 9.17) is 0 Å². The van der Waals surface area contributed by atoms with E-state index in [0.717, 1.165) is 52.6 Å². The molecule has 0 aromatic heterocycles. The second kappa shape index (κ2) is 10.4. The van der Waals surface area contributed by atoms with Crippen LogP contribution in [0.15, 0.2) is 83.0 Å². The van der Waals surface area contributed by atoms with Crippen LogP contribution >= 0.6 is 0 Å². The highest BCUT2D eigenvalue weighted by Gasteiger charge is 2.33. The van der Waals surface area contributed by atoms with E-state index in [9.17, 15) is 14.9 Å². The molecule has 0 saturated carbocycles. The Labute approximate surface area is 233 Å². The van der Waals surface area contributed by atoms with Gasteiger partial charge in [-0.25, -0.2) is 0 Å². The van der Waals surface area contributed by atoms with E-state index in [1.54, 1.807) is 12.1 Å². The van der Waals surface area contributed by atoms with E-state index in [1.807, 2.05) is 62.4 Å². The van der Waals surface area contributed by atoms with Crippen LogP contribution in [0.5, 0.6) is 0 Å². The SMILES string of the molecule is CC1=NCC(C)=C1NC(=O)c1ccc(N2CCN(C3c4ccccc4NC(=O)c4ccccc43)CC2)c(C#N)c1. The molecule has 3 aromatic carbocycles. The average molecular weight is 531 g/mol. The van der Waals surface area contributed by atoms with Crippen molar-refractivity contribution in [2.75, 3.05) is 42.9 Å². The van der Waals surface area contributed by atoms with Crippen LogP contribution in [0.1, 0.15) is 57.3 Å². The molecule has 3 aliphatic heterocycles. The van der Waals surface area contributed by atoms with Crippen molar-refractivity contribution in [2.45, 2.75) is 19.9 Å². The number of fused-ring (bicyclic) bond motifs is 2. The number of nitrogens with one attached hydrogen (secondary N) is 2. The number of hydrogen-bond acceptors (Lipinski definition) is 6. The Morgan fingerprint density at radius 3 is 2.45 bits per heavy atom. The summed E-state index contributed by atoms with van der Waals surface area (Å²) in [5.74, 6) is -0.332. The predicted molar refractivity (Wildman–Crippen MR) is 156 cm³/mol. The smallest absolute Gasteiger partial charge is 0.256 e. The normalized spacial score (nSPS) is 18.7. The third-order valence-electron chi connectivity index (χ3n) is 7.98. The Morgan fingerprint density at radius 2 is 1.73 bits per heavy atom. The molecule has 0 bridgehead atoms. The zero-order valence-corrected chi connectivity index (χ0v) is 22.6. The standard InChI is InChI=1S/C32H30N6O2/c1-20-19-34-21(2)29(20)36-31(39)22-11-12-28(23(17-22)18-33)37-13-15-38(16-14-37)30-24-7-3-4-8-25(24)32(40)35-27-10-6-5-9-26(27)30/h3-12,17,30H,13-16,19H2,1-2H3,(H,35,40)(H,36,39). The Morgan fingerprint density at radius 1 is 1.00 bits per heavy atom. The number of piperazine rings is 1. The minimum absolute atomic E-state index is 0.0599. The second-order valence-corrected chi connectivity index (χ2v) is 10.4. The van der Waals surface area contributed by atoms with Crippen LogP contribution in [-0.2, 0) is 0 Å². The van der Waals surface area contributed by atoms with E-state index in [1.165, 1.54) is 0 Å². The number of anilines is 2. The number of hydrogen-bond donors (Lipinski definition) is 2. The molecule has 0 radical (unpaired) electrons. The van der Waals surface area contributed by atoms with Crippen molar-refractivity contribution in [3.05, 3.63) is 106 Å². The van der Waals surface area contributed by atoms with Gasteiger partial charge in [-0.1, -0.05) is 36.4 Å². The molecule has 1 unspecified atom stereocenters. The molecular formula is C32H30N6O2. The summed E-state index contributed by atoms with van der Waals surface area (Å²) in [5, 5.41) is 16.0. The maximum absolute atomic E-state index is 13.0. The van der Waals surface area contributed by atoms with E-state index < -0.39 is 0 Å². The number of aliphatic imine (C=N–C) groups is 1. The molecule has 8 heteroatoms. The molecule has 3 heterocycles. The van der Waals surface area contributed by atoms with Crippen molar-refractivity contribution < 1.29 is 9.59 Å². The predicted octanol–water partition coefficient (Wildman–Crippen LogP) is 4.51. The van der Waals surface area contributed by atoms with Crippen molar-refractivity contribution in [2.24, 2.45) is 4.99 Å². The number of benzene rings is 3. The second-order valence-electron chi connectivity index (χ2n) is 10.4. The highest BCUT2D eigenvalue weighted by atomic mass is 16.2. The van der Waals surface area contributed by atoms with Gasteiger partial charge in [-0.3, -0.25) is 19.5 Å². The van der Waals surface area contributed by atoms with E-state index >= 15 is 0 Å². The zero-order valence-electron chi connectivity index (χ0n) is 22.6. The Bertz CT molecular complexity index is 1620. The number of amides is 2. The number of para-hydroxylation sites is 1. The monoisotopic (exact) mass is 530 g/mol. The summed E-state index contributed by atoms with van der Waals surface area (Å²) in [6.07, 6.45) is 0. The molecule has 3 aromatic rings. The molecule has 200 valence electrons. The first-order valence-electron chi connectivity index (χ1n) is 13.5. The first-order chi connectivity index (χ1) is 19.4. The molecular weight excluding hydrogens is 500 g/mol. The number of nitrogens with zero attached hydrogens (tertiary/aromatic N) is 4. The summed E-state index contributed by atoms with van der Waals surface area (Å²) in [4.78, 5) is 34.9. The quantitative estimate of drug-likeness (QED) is 0.517. The molecule has 8 nitrogen and oxygen atoms in total. The molecule has 40 heavy (non-hydrogen) atoms. The molecule has 2 N–H and O–H groups in total. The Hall–Kier alpha value is -4.74. The average Bonchev–Trinajstić information content (AvgIpc) is 3.23. The third kappa shape index (κ3) is 4.55. The highest BCUT2D eigenvalue weighted by molar-refractivity contribution is 6.07. The minimum Gasteiger partial charge on any atom is -0.368 e. The summed E-state index contributed by atoms with van der Waals surface area (Å²) in [5.41, 5.74) is 7.97. The first kappa shape index (κ1) is 25.5. The van der Waals surface area contributed by atoms with Gasteiger partial charge in [-0.15, -0.1) is 0 Å². The van der Waals surface area contributed by atoms with Gasteiger partial charge in [0.25, 0.3) is 11.8 Å². The molecule has 3 aliphatic rings. The van der Waals surface area contributed by atoms with Crippen LogP contribution in [-0.4, -0.2) is 55.1 Å². The molecule has 1 atom stereocenters. The van der Waals surface area contributed by atoms with Crippen LogP contribution in [0, 0.1) is 11.3 Å². The van der Waals surface area contributed by atoms with Gasteiger partial charge < -0.3 is 15.5 Å². The molecule has 1 fully saturated rings. The van der Waals surface area contributed by atoms with Gasteiger partial charge in [0.2, 0.25) is 0 Å². The number of nitriles is 1. The fourth-order valence-corrected chi connectivity index (χ4v) is 5.89. The summed E-state index contributed by atoms with van der Waals surface area (Å²) < 4.78 is 0. The highest BCUT2D eigenvalue weighted by Crippen LogP contribution is 2.39. The summed E-state index contributed by atoms with van der Waals surface area (Å²) in [6, 6.07) is 23.4. The number of carbonyl (C=O) groups excluding carboxylic acids is 2. The summed E-state index contributed by atoms with van der Waals surface area (Å²) in [7, 11) is 0. The van der Waals surface area contributed by atoms with Crippen LogP contribution in [0.3, 0.4) is 0 Å². The Balaban J connectivity index is 1.22. The van der Waals surface area contributed by atoms with Crippen molar-refractivity contribution in [1.29, 1.82) is 5.26 Å². The molecule has 0 aliphatic carbocycles. The van der Waals surface area contributed by atoms with Gasteiger partial charge in [0.1, 0.15) is 6.07 Å². The van der Waals surface area contributed by atoms with Gasteiger partial charge in [0.15, 0.2) is 0 Å². The van der Waals surface area contributed by atoms with E-state index in [2.05, 4.69) is 37.6 Å². The van der Waals surface area contributed by atoms with Crippen LogP contribution in [0.4, 0.5) is 11.4 Å². The lowest BCUT2D eigenvalue weighted by molar-refractivity contribution is 0.0966. The van der Waals surface area contributed by atoms with Crippen LogP contribution in [0.25, 0.3) is 0 Å². The third-order valence-corrected chi connectivity index (χ3v) is 7.98. The van der Waals surface area contributed by atoms with E-state index in [0.29, 0.717) is 36.3 Å². The van der Waals surface area contributed by atoms with Crippen LogP contribution in [0.2, 0.25) is 0 Å². The molecule has 0 spiro atoms. The maximum atomic E-state index is 13.0. The van der Waals surface area contributed by atoms with Crippen molar-refractivity contribution in [1.82, 2.24) is 10.2 Å². The largest absolute Gasteiger partial charge is 0.368 e. The van der Waals surface area contributed by atoms with Gasteiger partial charge >= 0.3 is 0 Å². The number of rotatable bonds is 4. The van der Waals surface area contributed by atoms with Gasteiger partial charge in [0, 0.05) is 43.0 Å². The summed E-state index contributed by atoms with van der Waals surface area (Å²) >= 11 is 0. The molecule has 6 rings (SSSR count). The van der Waals surface area contributed by atoms with Crippen molar-refractivity contribution in [3.63, 3.8) is 0 Å². The minimum atomic E-state index is -0.243. The fourth-order valence-electron chi connectivity index (χ4n) is 5.89. The zero-order chi connectivity index (χ0) is 27.8. The van der Waals surface area contributed by atoms with Gasteiger partial charge in [-0.05, 0) is 60.9 Å². The van der Waals surface area contributed by atoms with Crippen molar-refractivity contribution in [3.8, 4) is 6.07 Å². The van der Waals surface area contributed by atoms with Crippen LogP contribution < -0.4 is 15.5 Å². The number of carbonyl (C=O) groups is 2. The van der Waals surface area contributed by atoms with Gasteiger partial charge in [-0.2, -0.15) is 5.26 Å².